The lowest BCUT2D eigenvalue weighted by atomic mass is 10.0. The first kappa shape index (κ1) is 28.0. The van der Waals surface area contributed by atoms with Gasteiger partial charge in [-0.3, -0.25) is 0 Å². The van der Waals surface area contributed by atoms with Crippen LogP contribution in [0.2, 0.25) is 6.04 Å². The van der Waals surface area contributed by atoms with Crippen LogP contribution in [0.3, 0.4) is 0 Å². The topological polar surface area (TPSA) is 20.2 Å². The van der Waals surface area contributed by atoms with E-state index in [1.54, 1.807) is 0 Å². The molecule has 0 heterocycles. The Kier molecular flexibility index (Phi) is 22.6. The molecule has 0 spiro atoms. The van der Waals surface area contributed by atoms with E-state index in [0.717, 1.165) is 18.9 Å². The molecule has 1 N–H and O–H groups in total. The summed E-state index contributed by atoms with van der Waals surface area (Å²) in [5, 5.41) is 8.73. The minimum atomic E-state index is -2.36. The van der Waals surface area contributed by atoms with Crippen LogP contribution in [0, 0.1) is 0 Å². The summed E-state index contributed by atoms with van der Waals surface area (Å²) in [6.45, 7) is 0.363. The van der Waals surface area contributed by atoms with Crippen molar-refractivity contribution in [2.45, 2.75) is 134 Å². The number of hydrogen-bond donors (Lipinski definition) is 1. The number of halogens is 3. The van der Waals surface area contributed by atoms with E-state index >= 15 is 0 Å². The standard InChI is InChI=1S/C22H45Cl3OSi/c23-27(24,25)22-20-18-16-14-12-10-8-6-4-2-1-3-5-7-9-11-13-15-17-19-21-26/h26H,1-22H2. The summed E-state index contributed by atoms with van der Waals surface area (Å²) in [6, 6.07) is -1.54. The van der Waals surface area contributed by atoms with Crippen LogP contribution in [0.4, 0.5) is 0 Å². The Morgan fingerprint density at radius 1 is 0.370 bits per heavy atom. The first-order chi connectivity index (χ1) is 13.1. The van der Waals surface area contributed by atoms with Crippen molar-refractivity contribution < 1.29 is 5.11 Å². The number of rotatable bonds is 22. The van der Waals surface area contributed by atoms with E-state index in [4.69, 9.17) is 38.3 Å². The van der Waals surface area contributed by atoms with Crippen LogP contribution in [0.1, 0.15) is 128 Å². The zero-order chi connectivity index (χ0) is 20.1. The van der Waals surface area contributed by atoms with Crippen LogP contribution in [-0.4, -0.2) is 17.7 Å². The van der Waals surface area contributed by atoms with Gasteiger partial charge in [0.1, 0.15) is 0 Å². The molecular formula is C22H45Cl3OSi. The highest BCUT2D eigenvalue weighted by molar-refractivity contribution is 7.64. The summed E-state index contributed by atoms with van der Waals surface area (Å²) < 4.78 is 0. The van der Waals surface area contributed by atoms with Crippen LogP contribution in [0.25, 0.3) is 0 Å². The van der Waals surface area contributed by atoms with Crippen molar-refractivity contribution in [3.05, 3.63) is 0 Å². The third-order valence-electron chi connectivity index (χ3n) is 5.37. The highest BCUT2D eigenvalue weighted by atomic mass is 35.8. The van der Waals surface area contributed by atoms with Crippen molar-refractivity contribution in [1.82, 2.24) is 0 Å². The Morgan fingerprint density at radius 2 is 0.593 bits per heavy atom. The van der Waals surface area contributed by atoms with Crippen LogP contribution in [0.15, 0.2) is 0 Å². The number of aliphatic hydroxyl groups is 1. The lowest BCUT2D eigenvalue weighted by Crippen LogP contribution is -2.07. The van der Waals surface area contributed by atoms with Crippen molar-refractivity contribution in [3.63, 3.8) is 0 Å². The van der Waals surface area contributed by atoms with Gasteiger partial charge in [0.25, 0.3) is 0 Å². The number of hydrogen-bond acceptors (Lipinski definition) is 1. The van der Waals surface area contributed by atoms with Gasteiger partial charge in [-0.2, -0.15) is 0 Å². The van der Waals surface area contributed by atoms with Crippen LogP contribution >= 0.6 is 33.2 Å². The first-order valence-electron chi connectivity index (χ1n) is 11.7. The molecule has 0 saturated heterocycles. The predicted octanol–water partition coefficient (Wildman–Crippen LogP) is 9.44. The molecule has 0 aromatic carbocycles. The molecule has 0 bridgehead atoms. The van der Waals surface area contributed by atoms with Gasteiger partial charge < -0.3 is 5.11 Å². The Bertz CT molecular complexity index is 285. The molecule has 0 fully saturated rings. The second-order valence-corrected chi connectivity index (χ2v) is 17.4. The zero-order valence-corrected chi connectivity index (χ0v) is 20.9. The van der Waals surface area contributed by atoms with Crippen molar-refractivity contribution in [2.75, 3.05) is 6.61 Å². The zero-order valence-electron chi connectivity index (χ0n) is 17.6. The largest absolute Gasteiger partial charge is 0.396 e. The molecule has 1 nitrogen and oxygen atoms in total. The molecule has 0 aliphatic rings. The van der Waals surface area contributed by atoms with Crippen molar-refractivity contribution >= 4 is 39.2 Å². The van der Waals surface area contributed by atoms with Gasteiger partial charge in [0, 0.05) is 6.61 Å². The van der Waals surface area contributed by atoms with Crippen LogP contribution < -0.4 is 0 Å². The minimum absolute atomic E-state index is 0.363. The number of unbranched alkanes of at least 4 members (excludes halogenated alkanes) is 19. The van der Waals surface area contributed by atoms with Gasteiger partial charge in [-0.05, 0) is 12.5 Å². The smallest absolute Gasteiger partial charge is 0.341 e. The van der Waals surface area contributed by atoms with E-state index in [9.17, 15) is 0 Å². The monoisotopic (exact) mass is 458 g/mol. The summed E-state index contributed by atoms with van der Waals surface area (Å²) in [5.41, 5.74) is 0. The quantitative estimate of drug-likeness (QED) is 0.0970. The third-order valence-corrected chi connectivity index (χ3v) is 7.99. The van der Waals surface area contributed by atoms with E-state index in [0.29, 0.717) is 6.61 Å². The first-order valence-corrected chi connectivity index (χ1v) is 17.0. The maximum absolute atomic E-state index is 8.73. The average molecular weight is 460 g/mol. The minimum Gasteiger partial charge on any atom is -0.396 e. The van der Waals surface area contributed by atoms with E-state index in [2.05, 4.69) is 0 Å². The molecular weight excluding hydrogens is 415 g/mol. The van der Waals surface area contributed by atoms with Crippen molar-refractivity contribution in [1.29, 1.82) is 0 Å². The second-order valence-electron chi connectivity index (χ2n) is 8.16. The highest BCUT2D eigenvalue weighted by Crippen LogP contribution is 2.27. The van der Waals surface area contributed by atoms with Gasteiger partial charge in [-0.25, -0.2) is 0 Å². The summed E-state index contributed by atoms with van der Waals surface area (Å²) in [4.78, 5) is 0. The molecule has 0 aliphatic heterocycles. The molecule has 0 aromatic rings. The van der Waals surface area contributed by atoms with Crippen LogP contribution in [-0.2, 0) is 0 Å². The SMILES string of the molecule is OCCCCCCCCCCCCCCCCCCCCCC[Si](Cl)(Cl)Cl. The summed E-state index contributed by atoms with van der Waals surface area (Å²) in [7, 11) is 0. The second kappa shape index (κ2) is 21.7. The maximum Gasteiger partial charge on any atom is 0.341 e. The fourth-order valence-electron chi connectivity index (χ4n) is 3.62. The fraction of sp³-hybridized carbons (Fsp3) is 1.00. The lowest BCUT2D eigenvalue weighted by molar-refractivity contribution is 0.282. The van der Waals surface area contributed by atoms with Gasteiger partial charge in [-0.15, -0.1) is 33.2 Å². The average Bonchev–Trinajstić information content (AvgIpc) is 2.62. The van der Waals surface area contributed by atoms with E-state index < -0.39 is 6.00 Å². The van der Waals surface area contributed by atoms with E-state index in [1.807, 2.05) is 0 Å². The van der Waals surface area contributed by atoms with E-state index in [-0.39, 0.29) is 0 Å². The van der Waals surface area contributed by atoms with E-state index in [1.165, 1.54) is 116 Å². The van der Waals surface area contributed by atoms with Crippen molar-refractivity contribution in [3.8, 4) is 0 Å². The summed E-state index contributed by atoms with van der Waals surface area (Å²) >= 11 is 17.7. The summed E-state index contributed by atoms with van der Waals surface area (Å²) in [5.74, 6) is 0. The van der Waals surface area contributed by atoms with Crippen LogP contribution in [0.5, 0.6) is 0 Å². The van der Waals surface area contributed by atoms with Gasteiger partial charge in [0.05, 0.1) is 0 Å². The Balaban J connectivity index is 3.01. The lowest BCUT2D eigenvalue weighted by Gasteiger charge is -2.07. The molecule has 164 valence electrons. The van der Waals surface area contributed by atoms with Gasteiger partial charge in [-0.1, -0.05) is 122 Å². The normalized spacial score (nSPS) is 12.0. The Labute approximate surface area is 185 Å². The molecule has 0 radical (unpaired) electrons. The molecule has 0 unspecified atom stereocenters. The van der Waals surface area contributed by atoms with Crippen molar-refractivity contribution in [2.24, 2.45) is 0 Å². The fourth-order valence-corrected chi connectivity index (χ4v) is 5.47. The Hall–Kier alpha value is 1.05. The molecule has 0 aromatic heterocycles. The summed E-state index contributed by atoms with van der Waals surface area (Å²) in [6.07, 6.45) is 26.8. The number of aliphatic hydroxyl groups excluding tert-OH is 1. The molecule has 0 saturated carbocycles. The molecule has 27 heavy (non-hydrogen) atoms. The molecule has 0 atom stereocenters. The molecule has 0 rings (SSSR count). The predicted molar refractivity (Wildman–Crippen MR) is 128 cm³/mol. The highest BCUT2D eigenvalue weighted by Gasteiger charge is 2.23. The molecule has 0 amide bonds. The molecule has 0 aliphatic carbocycles. The van der Waals surface area contributed by atoms with Gasteiger partial charge in [0.15, 0.2) is 0 Å². The maximum atomic E-state index is 8.73. The van der Waals surface area contributed by atoms with Gasteiger partial charge >= 0.3 is 6.00 Å². The Morgan fingerprint density at radius 3 is 0.815 bits per heavy atom. The molecule has 5 heteroatoms. The van der Waals surface area contributed by atoms with Gasteiger partial charge in [0.2, 0.25) is 0 Å². The third kappa shape index (κ3) is 27.0.